The van der Waals surface area contributed by atoms with Crippen molar-refractivity contribution in [1.29, 1.82) is 0 Å². The van der Waals surface area contributed by atoms with Crippen molar-refractivity contribution in [2.24, 2.45) is 11.8 Å². The highest BCUT2D eigenvalue weighted by atomic mass is 16.5. The molecule has 0 saturated carbocycles. The highest BCUT2D eigenvalue weighted by molar-refractivity contribution is 5.98. The first kappa shape index (κ1) is 24.0. The molecule has 7 heteroatoms. The van der Waals surface area contributed by atoms with Crippen molar-refractivity contribution in [3.63, 3.8) is 0 Å². The molecular weight excluding hydrogens is 458 g/mol. The average molecular weight is 488 g/mol. The molecule has 0 saturated heterocycles. The Hall–Kier alpha value is -3.68. The van der Waals surface area contributed by atoms with Crippen LogP contribution in [0.15, 0.2) is 72.8 Å². The maximum absolute atomic E-state index is 13.9. The van der Waals surface area contributed by atoms with Crippen LogP contribution < -0.4 is 10.1 Å². The summed E-state index contributed by atoms with van der Waals surface area (Å²) in [4.78, 5) is 26.9. The summed E-state index contributed by atoms with van der Waals surface area (Å²) in [5.74, 6) is -3.46. The maximum atomic E-state index is 13.9. The zero-order valence-electron chi connectivity index (χ0n) is 20.2. The number of amides is 1. The molecule has 3 unspecified atom stereocenters. The van der Waals surface area contributed by atoms with Crippen molar-refractivity contribution in [3.8, 4) is 5.75 Å². The summed E-state index contributed by atoms with van der Waals surface area (Å²) in [6, 6.07) is 22.1. The normalized spacial score (nSPS) is 24.4. The molecule has 3 atom stereocenters. The molecule has 6 rings (SSSR count). The number of carbonyl (C=O) groups is 2. The van der Waals surface area contributed by atoms with E-state index in [0.29, 0.717) is 17.9 Å². The number of carboxylic acids is 1. The molecule has 3 aromatic rings. The SMILES string of the molecule is CCC(O)COC12c3ccccc3C(c3ccccc31)C(C(=O)Nc1ccc(OC)cc1)C2C(=O)O. The third-order valence-corrected chi connectivity index (χ3v) is 7.45. The van der Waals surface area contributed by atoms with Gasteiger partial charge in [0.2, 0.25) is 5.91 Å². The van der Waals surface area contributed by atoms with E-state index >= 15 is 0 Å². The number of aliphatic hydroxyl groups is 1. The highest BCUT2D eigenvalue weighted by Crippen LogP contribution is 2.62. The predicted octanol–water partition coefficient (Wildman–Crippen LogP) is 4.14. The average Bonchev–Trinajstić information content (AvgIpc) is 2.91. The Bertz CT molecular complexity index is 1240. The van der Waals surface area contributed by atoms with E-state index in [1.165, 1.54) is 0 Å². The molecule has 3 aliphatic rings. The van der Waals surface area contributed by atoms with Crippen molar-refractivity contribution in [3.05, 3.63) is 95.1 Å². The Morgan fingerprint density at radius 1 is 0.972 bits per heavy atom. The van der Waals surface area contributed by atoms with Gasteiger partial charge in [0.15, 0.2) is 0 Å². The van der Waals surface area contributed by atoms with Crippen LogP contribution in [0.2, 0.25) is 0 Å². The molecule has 0 aromatic heterocycles. The Morgan fingerprint density at radius 3 is 2.08 bits per heavy atom. The molecule has 0 radical (unpaired) electrons. The van der Waals surface area contributed by atoms with Gasteiger partial charge in [-0.05, 0) is 52.9 Å². The predicted molar refractivity (Wildman–Crippen MR) is 134 cm³/mol. The number of ether oxygens (including phenoxy) is 2. The number of fused-ring (bicyclic) bond motifs is 1. The Kier molecular flexibility index (Phi) is 6.28. The molecule has 7 nitrogen and oxygen atoms in total. The van der Waals surface area contributed by atoms with Crippen LogP contribution in [0.25, 0.3) is 0 Å². The number of carboxylic acid groups (broad SMARTS) is 1. The fourth-order valence-electron chi connectivity index (χ4n) is 5.81. The third kappa shape index (κ3) is 3.67. The lowest BCUT2D eigenvalue weighted by atomic mass is 9.51. The zero-order valence-corrected chi connectivity index (χ0v) is 20.2. The van der Waals surface area contributed by atoms with Crippen molar-refractivity contribution in [2.75, 3.05) is 19.0 Å². The number of methoxy groups -OCH3 is 1. The summed E-state index contributed by atoms with van der Waals surface area (Å²) >= 11 is 0. The molecule has 3 aliphatic carbocycles. The van der Waals surface area contributed by atoms with Crippen LogP contribution in [0.3, 0.4) is 0 Å². The summed E-state index contributed by atoms with van der Waals surface area (Å²) < 4.78 is 11.7. The van der Waals surface area contributed by atoms with Crippen LogP contribution >= 0.6 is 0 Å². The van der Waals surface area contributed by atoms with Gasteiger partial charge in [-0.2, -0.15) is 0 Å². The van der Waals surface area contributed by atoms with E-state index in [1.54, 1.807) is 31.4 Å². The van der Waals surface area contributed by atoms with Crippen LogP contribution in [-0.2, 0) is 19.9 Å². The van der Waals surface area contributed by atoms with Crippen molar-refractivity contribution >= 4 is 17.6 Å². The Balaban J connectivity index is 1.68. The summed E-state index contributed by atoms with van der Waals surface area (Å²) in [6.45, 7) is 1.78. The van der Waals surface area contributed by atoms with E-state index in [4.69, 9.17) is 9.47 Å². The monoisotopic (exact) mass is 487 g/mol. The number of nitrogens with one attached hydrogen (secondary N) is 1. The molecule has 1 amide bonds. The van der Waals surface area contributed by atoms with Gasteiger partial charge < -0.3 is 25.0 Å². The lowest BCUT2D eigenvalue weighted by Crippen LogP contribution is -2.59. The van der Waals surface area contributed by atoms with Crippen molar-refractivity contribution in [1.82, 2.24) is 0 Å². The van der Waals surface area contributed by atoms with Crippen LogP contribution in [-0.4, -0.2) is 41.9 Å². The molecule has 36 heavy (non-hydrogen) atoms. The largest absolute Gasteiger partial charge is 0.497 e. The Labute approximate surface area is 209 Å². The van der Waals surface area contributed by atoms with E-state index in [9.17, 15) is 19.8 Å². The quantitative estimate of drug-likeness (QED) is 0.441. The van der Waals surface area contributed by atoms with Gasteiger partial charge in [0.1, 0.15) is 17.3 Å². The van der Waals surface area contributed by atoms with Crippen LogP contribution in [0.1, 0.15) is 41.5 Å². The second-order valence-electron chi connectivity index (χ2n) is 9.32. The topological polar surface area (TPSA) is 105 Å². The van der Waals surface area contributed by atoms with Crippen LogP contribution in [0.5, 0.6) is 5.75 Å². The molecular formula is C29H29NO6. The van der Waals surface area contributed by atoms with Gasteiger partial charge in [-0.25, -0.2) is 0 Å². The van der Waals surface area contributed by atoms with E-state index in [2.05, 4.69) is 5.32 Å². The van der Waals surface area contributed by atoms with E-state index in [1.807, 2.05) is 55.5 Å². The van der Waals surface area contributed by atoms with E-state index in [0.717, 1.165) is 22.3 Å². The smallest absolute Gasteiger partial charge is 0.311 e. The number of carbonyl (C=O) groups excluding carboxylic acids is 1. The highest BCUT2D eigenvalue weighted by Gasteiger charge is 2.64. The summed E-state index contributed by atoms with van der Waals surface area (Å²) in [5, 5.41) is 23.9. The van der Waals surface area contributed by atoms with Crippen LogP contribution in [0, 0.1) is 11.8 Å². The molecule has 2 bridgehead atoms. The summed E-state index contributed by atoms with van der Waals surface area (Å²) in [5.41, 5.74) is 2.33. The maximum Gasteiger partial charge on any atom is 0.311 e. The van der Waals surface area contributed by atoms with Gasteiger partial charge in [-0.1, -0.05) is 55.5 Å². The third-order valence-electron chi connectivity index (χ3n) is 7.45. The van der Waals surface area contributed by atoms with Crippen molar-refractivity contribution in [2.45, 2.75) is 31.0 Å². The van der Waals surface area contributed by atoms with Gasteiger partial charge in [-0.15, -0.1) is 0 Å². The minimum absolute atomic E-state index is 0.0551. The van der Waals surface area contributed by atoms with E-state index < -0.39 is 41.3 Å². The number of aliphatic hydroxyl groups excluding tert-OH is 1. The first-order valence-electron chi connectivity index (χ1n) is 12.1. The standard InChI is InChI=1S/C29H29NO6/c1-3-18(31)16-36-29-22-10-6-4-8-20(22)24(21-9-5-7-11-23(21)29)25(26(29)28(33)34)27(32)30-17-12-14-19(35-2)15-13-17/h4-15,18,24-26,31H,3,16H2,1-2H3,(H,30,32)(H,33,34). The fraction of sp³-hybridized carbons (Fsp3) is 0.310. The number of anilines is 1. The number of hydrogen-bond acceptors (Lipinski definition) is 5. The lowest BCUT2D eigenvalue weighted by Gasteiger charge is -2.55. The summed E-state index contributed by atoms with van der Waals surface area (Å²) in [6.07, 6.45) is -0.305. The number of benzene rings is 3. The zero-order chi connectivity index (χ0) is 25.4. The van der Waals surface area contributed by atoms with E-state index in [-0.39, 0.29) is 6.61 Å². The second-order valence-corrected chi connectivity index (χ2v) is 9.32. The lowest BCUT2D eigenvalue weighted by molar-refractivity contribution is -0.172. The molecule has 3 aromatic carbocycles. The van der Waals surface area contributed by atoms with Gasteiger partial charge in [0.25, 0.3) is 0 Å². The summed E-state index contributed by atoms with van der Waals surface area (Å²) in [7, 11) is 1.56. The van der Waals surface area contributed by atoms with Gasteiger partial charge in [0, 0.05) is 11.6 Å². The molecule has 0 aliphatic heterocycles. The molecule has 0 spiro atoms. The molecule has 0 heterocycles. The number of aliphatic carboxylic acids is 1. The van der Waals surface area contributed by atoms with Crippen molar-refractivity contribution < 1.29 is 29.3 Å². The number of hydrogen-bond donors (Lipinski definition) is 3. The number of rotatable bonds is 8. The van der Waals surface area contributed by atoms with Crippen LogP contribution in [0.4, 0.5) is 5.69 Å². The van der Waals surface area contributed by atoms with Gasteiger partial charge in [0.05, 0.1) is 25.7 Å². The van der Waals surface area contributed by atoms with Gasteiger partial charge >= 0.3 is 5.97 Å². The van der Waals surface area contributed by atoms with Gasteiger partial charge in [-0.3, -0.25) is 9.59 Å². The minimum Gasteiger partial charge on any atom is -0.497 e. The molecule has 186 valence electrons. The fourth-order valence-corrected chi connectivity index (χ4v) is 5.81. The molecule has 0 fully saturated rings. The first-order valence-corrected chi connectivity index (χ1v) is 12.1. The Morgan fingerprint density at radius 2 is 1.56 bits per heavy atom. The minimum atomic E-state index is -1.42. The molecule has 3 N–H and O–H groups in total. The first-order chi connectivity index (χ1) is 17.4. The second kappa shape index (κ2) is 9.41.